The Labute approximate surface area is 81.5 Å². The van der Waals surface area contributed by atoms with Crippen LogP contribution in [0.1, 0.15) is 19.3 Å². The van der Waals surface area contributed by atoms with Crippen molar-refractivity contribution in [2.75, 3.05) is 13.2 Å². The summed E-state index contributed by atoms with van der Waals surface area (Å²) in [6.45, 7) is -0.419. The highest BCUT2D eigenvalue weighted by Crippen LogP contribution is 1.94. The molecule has 0 saturated heterocycles. The number of aliphatic hydroxyl groups is 2. The van der Waals surface area contributed by atoms with Crippen LogP contribution in [0.25, 0.3) is 0 Å². The molecule has 0 saturated carbocycles. The van der Waals surface area contributed by atoms with Gasteiger partial charge in [-0.25, -0.2) is 0 Å². The first-order valence-corrected chi connectivity index (χ1v) is 4.33. The first-order chi connectivity index (χ1) is 6.56. The van der Waals surface area contributed by atoms with Crippen LogP contribution in [0.5, 0.6) is 0 Å². The normalized spacial score (nSPS) is 12.1. The molecule has 1 unspecified atom stereocenters. The molecule has 6 nitrogen and oxygen atoms in total. The first-order valence-electron chi connectivity index (χ1n) is 4.33. The summed E-state index contributed by atoms with van der Waals surface area (Å²) < 4.78 is 0. The van der Waals surface area contributed by atoms with Crippen molar-refractivity contribution >= 4 is 11.9 Å². The first kappa shape index (κ1) is 12.9. The maximum absolute atomic E-state index is 10.9. The van der Waals surface area contributed by atoms with Crippen molar-refractivity contribution in [1.82, 2.24) is 5.32 Å². The summed E-state index contributed by atoms with van der Waals surface area (Å²) in [6.07, 6.45) is -0.616. The number of carboxylic acid groups (broad SMARTS) is 1. The molecule has 0 aromatic rings. The minimum atomic E-state index is -0.960. The molecule has 0 aromatic heterocycles. The molecule has 0 radical (unpaired) electrons. The van der Waals surface area contributed by atoms with Gasteiger partial charge in [0, 0.05) is 19.4 Å². The molecule has 82 valence electrons. The third-order valence-corrected chi connectivity index (χ3v) is 1.54. The van der Waals surface area contributed by atoms with Crippen LogP contribution in [-0.4, -0.2) is 46.5 Å². The Morgan fingerprint density at radius 1 is 1.29 bits per heavy atom. The quantitative estimate of drug-likeness (QED) is 0.413. The molecule has 14 heavy (non-hydrogen) atoms. The second-order valence-electron chi connectivity index (χ2n) is 2.89. The van der Waals surface area contributed by atoms with Gasteiger partial charge in [0.25, 0.3) is 0 Å². The smallest absolute Gasteiger partial charge is 0.303 e. The Balaban J connectivity index is 3.41. The molecule has 0 bridgehead atoms. The Hall–Kier alpha value is -1.14. The maximum Gasteiger partial charge on any atom is 0.303 e. The lowest BCUT2D eigenvalue weighted by molar-refractivity contribution is -0.137. The second kappa shape index (κ2) is 7.28. The number of carboxylic acids is 1. The minimum Gasteiger partial charge on any atom is -0.481 e. The summed E-state index contributed by atoms with van der Waals surface area (Å²) in [7, 11) is 0. The van der Waals surface area contributed by atoms with E-state index >= 15 is 0 Å². The van der Waals surface area contributed by atoms with E-state index in [2.05, 4.69) is 5.32 Å². The fraction of sp³-hybridized carbons (Fsp3) is 0.750. The maximum atomic E-state index is 10.9. The van der Waals surface area contributed by atoms with Crippen molar-refractivity contribution in [2.45, 2.75) is 25.4 Å². The molecule has 1 atom stereocenters. The van der Waals surface area contributed by atoms with Gasteiger partial charge in [-0.2, -0.15) is 0 Å². The van der Waals surface area contributed by atoms with E-state index in [-0.39, 0.29) is 31.7 Å². The molecule has 0 aliphatic heterocycles. The van der Waals surface area contributed by atoms with Crippen LogP contribution in [0.15, 0.2) is 0 Å². The van der Waals surface area contributed by atoms with Gasteiger partial charge in [-0.05, 0) is 6.42 Å². The van der Waals surface area contributed by atoms with Crippen LogP contribution in [0.3, 0.4) is 0 Å². The Kier molecular flexibility index (Phi) is 6.69. The number of aliphatic carboxylic acids is 1. The minimum absolute atomic E-state index is 0.0115. The van der Waals surface area contributed by atoms with E-state index in [9.17, 15) is 9.59 Å². The van der Waals surface area contributed by atoms with Crippen LogP contribution >= 0.6 is 0 Å². The number of hydrogen-bond donors (Lipinski definition) is 4. The van der Waals surface area contributed by atoms with Gasteiger partial charge in [-0.3, -0.25) is 9.59 Å². The van der Waals surface area contributed by atoms with E-state index in [4.69, 9.17) is 15.3 Å². The Morgan fingerprint density at radius 2 is 1.93 bits per heavy atom. The van der Waals surface area contributed by atoms with E-state index < -0.39 is 18.7 Å². The van der Waals surface area contributed by atoms with Crippen molar-refractivity contribution in [1.29, 1.82) is 0 Å². The predicted molar refractivity (Wildman–Crippen MR) is 47.6 cm³/mol. The lowest BCUT2D eigenvalue weighted by Gasteiger charge is -2.08. The number of rotatable bonds is 7. The molecule has 0 aliphatic carbocycles. The highest BCUT2D eigenvalue weighted by molar-refractivity contribution is 5.76. The molecule has 0 rings (SSSR count). The van der Waals surface area contributed by atoms with Crippen molar-refractivity contribution in [3.8, 4) is 0 Å². The molecular formula is C8H15NO5. The molecule has 0 aromatic carbocycles. The van der Waals surface area contributed by atoms with Gasteiger partial charge in [-0.15, -0.1) is 0 Å². The molecule has 0 spiro atoms. The van der Waals surface area contributed by atoms with Crippen molar-refractivity contribution < 1.29 is 24.9 Å². The van der Waals surface area contributed by atoms with E-state index in [0.717, 1.165) is 0 Å². The number of carbonyl (C=O) groups is 2. The second-order valence-corrected chi connectivity index (χ2v) is 2.89. The molecule has 0 heterocycles. The largest absolute Gasteiger partial charge is 0.481 e. The molecule has 1 amide bonds. The van der Waals surface area contributed by atoms with Gasteiger partial charge in [-0.1, -0.05) is 0 Å². The summed E-state index contributed by atoms with van der Waals surface area (Å²) in [5, 5.41) is 27.9. The molecule has 6 heteroatoms. The van der Waals surface area contributed by atoms with Gasteiger partial charge in [0.1, 0.15) is 0 Å². The van der Waals surface area contributed by atoms with Crippen LogP contribution in [-0.2, 0) is 9.59 Å². The van der Waals surface area contributed by atoms with Crippen LogP contribution < -0.4 is 5.32 Å². The number of hydrogen-bond acceptors (Lipinski definition) is 4. The fourth-order valence-corrected chi connectivity index (χ4v) is 0.785. The zero-order chi connectivity index (χ0) is 11.0. The average molecular weight is 205 g/mol. The van der Waals surface area contributed by atoms with E-state index in [1.54, 1.807) is 0 Å². The molecular weight excluding hydrogens is 190 g/mol. The van der Waals surface area contributed by atoms with Gasteiger partial charge in [0.05, 0.1) is 12.7 Å². The van der Waals surface area contributed by atoms with Gasteiger partial charge in [0.2, 0.25) is 5.91 Å². The van der Waals surface area contributed by atoms with Crippen molar-refractivity contribution in [3.63, 3.8) is 0 Å². The van der Waals surface area contributed by atoms with Gasteiger partial charge < -0.3 is 20.6 Å². The molecule has 4 N–H and O–H groups in total. The SMILES string of the molecule is O=C(O)CCCC(=O)NCC(O)CO. The highest BCUT2D eigenvalue weighted by Gasteiger charge is 2.06. The summed E-state index contributed by atoms with van der Waals surface area (Å²) >= 11 is 0. The number of aliphatic hydroxyl groups excluding tert-OH is 2. The van der Waals surface area contributed by atoms with E-state index in [1.165, 1.54) is 0 Å². The van der Waals surface area contributed by atoms with Crippen molar-refractivity contribution in [3.05, 3.63) is 0 Å². The average Bonchev–Trinajstić information content (AvgIpc) is 2.13. The Bertz CT molecular complexity index is 194. The number of amides is 1. The monoisotopic (exact) mass is 205 g/mol. The van der Waals surface area contributed by atoms with Crippen molar-refractivity contribution in [2.24, 2.45) is 0 Å². The topological polar surface area (TPSA) is 107 Å². The summed E-state index contributed by atoms with van der Waals surface area (Å²) in [5.74, 6) is -1.26. The molecule has 0 fully saturated rings. The van der Waals surface area contributed by atoms with Crippen LogP contribution in [0, 0.1) is 0 Å². The van der Waals surface area contributed by atoms with E-state index in [0.29, 0.717) is 0 Å². The van der Waals surface area contributed by atoms with Crippen LogP contribution in [0.2, 0.25) is 0 Å². The molecule has 0 aliphatic rings. The predicted octanol–water partition coefficient (Wildman–Crippen LogP) is -1.29. The van der Waals surface area contributed by atoms with Crippen LogP contribution in [0.4, 0.5) is 0 Å². The third kappa shape index (κ3) is 7.51. The van der Waals surface area contributed by atoms with Gasteiger partial charge >= 0.3 is 5.97 Å². The van der Waals surface area contributed by atoms with E-state index in [1.807, 2.05) is 0 Å². The van der Waals surface area contributed by atoms with Gasteiger partial charge in [0.15, 0.2) is 0 Å². The summed E-state index contributed by atoms with van der Waals surface area (Å²) in [5.41, 5.74) is 0. The summed E-state index contributed by atoms with van der Waals surface area (Å²) in [4.78, 5) is 21.0. The summed E-state index contributed by atoms with van der Waals surface area (Å²) in [6, 6.07) is 0. The zero-order valence-corrected chi connectivity index (χ0v) is 7.77. The lowest BCUT2D eigenvalue weighted by Crippen LogP contribution is -2.33. The third-order valence-electron chi connectivity index (χ3n) is 1.54. The Morgan fingerprint density at radius 3 is 2.43 bits per heavy atom. The fourth-order valence-electron chi connectivity index (χ4n) is 0.785. The lowest BCUT2D eigenvalue weighted by atomic mass is 10.2. The highest BCUT2D eigenvalue weighted by atomic mass is 16.4. The standard InChI is InChI=1S/C8H15NO5/c10-5-6(11)4-9-7(12)2-1-3-8(13)14/h6,10-11H,1-5H2,(H,9,12)(H,13,14). The number of carbonyl (C=O) groups excluding carboxylic acids is 1. The number of nitrogens with one attached hydrogen (secondary N) is 1. The zero-order valence-electron chi connectivity index (χ0n) is 7.77.